The minimum atomic E-state index is -2.97. The van der Waals surface area contributed by atoms with Crippen LogP contribution in [0, 0.1) is 23.1 Å². The van der Waals surface area contributed by atoms with Gasteiger partial charge in [-0.3, -0.25) is 4.79 Å². The van der Waals surface area contributed by atoms with E-state index in [1.54, 1.807) is 12.1 Å². The van der Waals surface area contributed by atoms with Gasteiger partial charge in [0.15, 0.2) is 15.0 Å². The molecule has 2 N–H and O–H groups in total. The van der Waals surface area contributed by atoms with Crippen molar-refractivity contribution in [2.45, 2.75) is 50.0 Å². The van der Waals surface area contributed by atoms with Crippen LogP contribution in [0.5, 0.6) is 0 Å². The van der Waals surface area contributed by atoms with Crippen molar-refractivity contribution < 1.29 is 17.6 Å². The molecule has 3 fully saturated rings. The van der Waals surface area contributed by atoms with E-state index in [9.17, 15) is 22.9 Å². The molecule has 3 aromatic rings. The van der Waals surface area contributed by atoms with Crippen LogP contribution in [0.2, 0.25) is 0 Å². The summed E-state index contributed by atoms with van der Waals surface area (Å²) in [5.41, 5.74) is 2.80. The van der Waals surface area contributed by atoms with Gasteiger partial charge in [0.25, 0.3) is 0 Å². The van der Waals surface area contributed by atoms with Gasteiger partial charge in [0.2, 0.25) is 5.91 Å². The first-order valence-electron chi connectivity index (χ1n) is 14.1. The van der Waals surface area contributed by atoms with Crippen molar-refractivity contribution in [3.63, 3.8) is 0 Å². The molecule has 8 nitrogen and oxygen atoms in total. The first-order valence-corrected chi connectivity index (χ1v) is 16.7. The van der Waals surface area contributed by atoms with Crippen molar-refractivity contribution in [2.24, 2.45) is 5.92 Å². The number of thiazole rings is 1. The minimum absolute atomic E-state index is 0.0730. The highest BCUT2D eigenvalue weighted by Crippen LogP contribution is 2.46. The number of hydrogen-bond acceptors (Lipinski definition) is 8. The topological polar surface area (TPSA) is 115 Å². The number of carbonyl (C=O) groups is 1. The molecule has 41 heavy (non-hydrogen) atoms. The van der Waals surface area contributed by atoms with Gasteiger partial charge in [0, 0.05) is 36.3 Å². The Hall–Kier alpha value is -3.49. The number of nitrogens with zero attached hydrogens (tertiary/aromatic N) is 3. The van der Waals surface area contributed by atoms with Gasteiger partial charge >= 0.3 is 0 Å². The molecule has 2 unspecified atom stereocenters. The van der Waals surface area contributed by atoms with E-state index in [4.69, 9.17) is 4.98 Å². The Morgan fingerprint density at radius 2 is 1.73 bits per heavy atom. The summed E-state index contributed by atoms with van der Waals surface area (Å²) < 4.78 is 37.2. The number of nitriles is 1. The van der Waals surface area contributed by atoms with Crippen LogP contribution in [0.25, 0.3) is 10.4 Å². The van der Waals surface area contributed by atoms with E-state index in [0.717, 1.165) is 53.2 Å². The number of hydrogen-bond donors (Lipinski definition) is 2. The number of sulfone groups is 1. The fraction of sp³-hybridized carbons (Fsp3) is 0.433. The van der Waals surface area contributed by atoms with Crippen molar-refractivity contribution in [3.8, 4) is 16.5 Å². The molecule has 0 spiro atoms. The highest BCUT2D eigenvalue weighted by molar-refractivity contribution is 7.91. The lowest BCUT2D eigenvalue weighted by Gasteiger charge is -2.31. The van der Waals surface area contributed by atoms with E-state index in [2.05, 4.69) is 21.6 Å². The summed E-state index contributed by atoms with van der Waals surface area (Å²) in [6, 6.07) is 16.5. The molecule has 1 saturated heterocycles. The molecule has 11 heteroatoms. The fourth-order valence-electron chi connectivity index (χ4n) is 5.78. The molecular weight excluding hydrogens is 561 g/mol. The number of halogens is 1. The zero-order valence-corrected chi connectivity index (χ0v) is 24.2. The highest BCUT2D eigenvalue weighted by Gasteiger charge is 2.47. The van der Waals surface area contributed by atoms with Crippen molar-refractivity contribution in [1.29, 1.82) is 5.26 Å². The lowest BCUT2D eigenvalue weighted by molar-refractivity contribution is -0.127. The second-order valence-corrected chi connectivity index (χ2v) is 14.5. The van der Waals surface area contributed by atoms with Crippen molar-refractivity contribution in [1.82, 2.24) is 10.3 Å². The normalized spacial score (nSPS) is 22.9. The standard InChI is InChI=1S/C30H32FN5O3S2/c31-21-7-9-22(10-8-21)33-29-34-26(24-3-1-2-4-25(24)28(37)35-30(19-32)13-14-30)27(40-29)20-5-11-23(12-6-20)36-15-17-41(38,39)18-16-36/h5-12,24-25H,1-4,13-18H2,(H,33,34)(H,35,37). The second-order valence-electron chi connectivity index (χ2n) is 11.2. The Morgan fingerprint density at radius 1 is 1.05 bits per heavy atom. The molecule has 214 valence electrons. The number of nitrogens with one attached hydrogen (secondary N) is 2. The molecule has 1 aliphatic heterocycles. The molecule has 2 heterocycles. The van der Waals surface area contributed by atoms with E-state index >= 15 is 0 Å². The third-order valence-corrected chi connectivity index (χ3v) is 11.0. The summed E-state index contributed by atoms with van der Waals surface area (Å²) in [5, 5.41) is 16.5. The Kier molecular flexibility index (Phi) is 7.47. The van der Waals surface area contributed by atoms with Crippen LogP contribution in [-0.2, 0) is 14.6 Å². The SMILES string of the molecule is N#CC1(NC(=O)C2CCCCC2c2nc(Nc3ccc(F)cc3)sc2-c2ccc(N3CCS(=O)(=O)CC3)cc2)CC1. The molecule has 6 rings (SSSR count). The quantitative estimate of drug-likeness (QED) is 0.378. The van der Waals surface area contributed by atoms with E-state index in [1.165, 1.54) is 23.5 Å². The van der Waals surface area contributed by atoms with E-state index in [0.29, 0.717) is 31.1 Å². The van der Waals surface area contributed by atoms with Gasteiger partial charge in [-0.25, -0.2) is 17.8 Å². The van der Waals surface area contributed by atoms with Gasteiger partial charge < -0.3 is 15.5 Å². The largest absolute Gasteiger partial charge is 0.369 e. The van der Waals surface area contributed by atoms with Gasteiger partial charge in [-0.05, 0) is 67.6 Å². The number of anilines is 3. The maximum absolute atomic E-state index is 13.5. The number of aromatic nitrogens is 1. The summed E-state index contributed by atoms with van der Waals surface area (Å²) in [6.45, 7) is 0.949. The third kappa shape index (κ3) is 6.09. The first-order chi connectivity index (χ1) is 19.7. The van der Waals surface area contributed by atoms with E-state index < -0.39 is 15.4 Å². The lowest BCUT2D eigenvalue weighted by atomic mass is 9.76. The van der Waals surface area contributed by atoms with Gasteiger partial charge in [0.05, 0.1) is 28.1 Å². The van der Waals surface area contributed by atoms with Crippen LogP contribution in [0.1, 0.15) is 50.1 Å². The Balaban J connectivity index is 1.32. The van der Waals surface area contributed by atoms with Crippen molar-refractivity contribution in [3.05, 3.63) is 60.0 Å². The number of rotatable bonds is 7. The Bertz CT molecular complexity index is 1560. The average molecular weight is 594 g/mol. The average Bonchev–Trinajstić information content (AvgIpc) is 3.63. The van der Waals surface area contributed by atoms with Crippen molar-refractivity contribution >= 4 is 43.6 Å². The highest BCUT2D eigenvalue weighted by atomic mass is 32.2. The summed E-state index contributed by atoms with van der Waals surface area (Å²) in [4.78, 5) is 21.5. The predicted molar refractivity (Wildman–Crippen MR) is 159 cm³/mol. The lowest BCUT2D eigenvalue weighted by Crippen LogP contribution is -2.42. The molecule has 2 aromatic carbocycles. The van der Waals surface area contributed by atoms with Gasteiger partial charge in [-0.15, -0.1) is 0 Å². The molecular formula is C30H32FN5O3S2. The first kappa shape index (κ1) is 27.7. The minimum Gasteiger partial charge on any atom is -0.369 e. The molecule has 0 radical (unpaired) electrons. The summed E-state index contributed by atoms with van der Waals surface area (Å²) >= 11 is 1.50. The summed E-state index contributed by atoms with van der Waals surface area (Å²) in [6.07, 6.45) is 4.89. The zero-order valence-electron chi connectivity index (χ0n) is 22.6. The van der Waals surface area contributed by atoms with E-state index in [-0.39, 0.29) is 35.1 Å². The van der Waals surface area contributed by atoms with Crippen LogP contribution < -0.4 is 15.5 Å². The van der Waals surface area contributed by atoms with Crippen LogP contribution >= 0.6 is 11.3 Å². The van der Waals surface area contributed by atoms with Gasteiger partial charge in [-0.1, -0.05) is 36.3 Å². The van der Waals surface area contributed by atoms with Crippen LogP contribution in [0.4, 0.5) is 20.9 Å². The number of carbonyl (C=O) groups excluding carboxylic acids is 1. The van der Waals surface area contributed by atoms with E-state index in [1.807, 2.05) is 24.3 Å². The number of amides is 1. The molecule has 2 saturated carbocycles. The van der Waals surface area contributed by atoms with Crippen LogP contribution in [0.3, 0.4) is 0 Å². The maximum atomic E-state index is 13.5. The molecule has 3 aliphatic rings. The third-order valence-electron chi connectivity index (χ3n) is 8.37. The smallest absolute Gasteiger partial charge is 0.225 e. The monoisotopic (exact) mass is 593 g/mol. The molecule has 2 aliphatic carbocycles. The van der Waals surface area contributed by atoms with Gasteiger partial charge in [-0.2, -0.15) is 5.26 Å². The Labute approximate surface area is 243 Å². The summed E-state index contributed by atoms with van der Waals surface area (Å²) in [7, 11) is -2.97. The van der Waals surface area contributed by atoms with Gasteiger partial charge in [0.1, 0.15) is 11.4 Å². The van der Waals surface area contributed by atoms with Crippen LogP contribution in [-0.4, -0.2) is 49.4 Å². The predicted octanol–water partition coefficient (Wildman–Crippen LogP) is 5.37. The Morgan fingerprint density at radius 3 is 2.39 bits per heavy atom. The molecule has 1 amide bonds. The maximum Gasteiger partial charge on any atom is 0.225 e. The molecule has 2 atom stereocenters. The van der Waals surface area contributed by atoms with Crippen molar-refractivity contribution in [2.75, 3.05) is 34.8 Å². The number of benzene rings is 2. The summed E-state index contributed by atoms with van der Waals surface area (Å²) in [5.74, 6) is -0.446. The zero-order chi connectivity index (χ0) is 28.6. The molecule has 0 bridgehead atoms. The van der Waals surface area contributed by atoms with Crippen LogP contribution in [0.15, 0.2) is 48.5 Å². The fourth-order valence-corrected chi connectivity index (χ4v) is 8.05. The molecule has 1 aromatic heterocycles. The second kappa shape index (κ2) is 11.1.